The van der Waals surface area contributed by atoms with Crippen molar-refractivity contribution in [1.82, 2.24) is 10.2 Å². The monoisotopic (exact) mass is 354 g/mol. The fourth-order valence-corrected chi connectivity index (χ4v) is 3.25. The first kappa shape index (κ1) is 18.1. The molecule has 2 amide bonds. The van der Waals surface area contributed by atoms with Crippen molar-refractivity contribution in [2.75, 3.05) is 13.1 Å². The molecule has 1 heterocycles. The summed E-state index contributed by atoms with van der Waals surface area (Å²) in [6.45, 7) is 2.96. The molecule has 1 aliphatic rings. The van der Waals surface area contributed by atoms with Crippen molar-refractivity contribution in [2.24, 2.45) is 0 Å². The van der Waals surface area contributed by atoms with Crippen molar-refractivity contribution in [3.05, 3.63) is 71.0 Å². The van der Waals surface area contributed by atoms with Crippen LogP contribution in [0.3, 0.4) is 0 Å². The normalized spacial score (nSPS) is 17.1. The molecule has 0 saturated carbocycles. The molecule has 0 bridgehead atoms. The first-order valence-corrected chi connectivity index (χ1v) is 8.93. The Bertz CT molecular complexity index is 772. The van der Waals surface area contributed by atoms with Crippen LogP contribution < -0.4 is 5.32 Å². The Labute approximate surface area is 153 Å². The van der Waals surface area contributed by atoms with Gasteiger partial charge in [0.1, 0.15) is 11.9 Å². The minimum absolute atomic E-state index is 0.0405. The summed E-state index contributed by atoms with van der Waals surface area (Å²) in [6, 6.07) is 13.4. The average Bonchev–Trinajstić information content (AvgIpc) is 2.64. The zero-order valence-electron chi connectivity index (χ0n) is 14.9. The van der Waals surface area contributed by atoms with E-state index in [2.05, 4.69) is 29.6 Å². The molecule has 4 nitrogen and oxygen atoms in total. The summed E-state index contributed by atoms with van der Waals surface area (Å²) in [5.74, 6) is -0.614. The Morgan fingerprint density at radius 3 is 2.54 bits per heavy atom. The van der Waals surface area contributed by atoms with Gasteiger partial charge in [-0.05, 0) is 43.0 Å². The van der Waals surface area contributed by atoms with Gasteiger partial charge in [0, 0.05) is 19.5 Å². The van der Waals surface area contributed by atoms with Crippen molar-refractivity contribution >= 4 is 11.8 Å². The van der Waals surface area contributed by atoms with Crippen LogP contribution in [-0.2, 0) is 16.0 Å². The fraction of sp³-hybridized carbons (Fsp3) is 0.333. The third-order valence-corrected chi connectivity index (χ3v) is 4.69. The summed E-state index contributed by atoms with van der Waals surface area (Å²) in [4.78, 5) is 26.6. The highest BCUT2D eigenvalue weighted by Crippen LogP contribution is 2.25. The molecule has 0 radical (unpaired) electrons. The standard InChI is InChI=1S/C21H23FN2O2/c1-15-5-7-16(8-6-15)3-2-4-19(25)24-14-13-23-21(26)20(24)17-9-11-18(22)12-10-17/h5-12,20H,2-4,13-14H2,1H3,(H,23,26). The lowest BCUT2D eigenvalue weighted by Crippen LogP contribution is -2.52. The number of carbonyl (C=O) groups excluding carboxylic acids is 2. The lowest BCUT2D eigenvalue weighted by atomic mass is 10.0. The van der Waals surface area contributed by atoms with E-state index in [0.717, 1.165) is 12.8 Å². The maximum atomic E-state index is 13.2. The molecule has 0 spiro atoms. The van der Waals surface area contributed by atoms with Gasteiger partial charge in [0.2, 0.25) is 11.8 Å². The molecule has 1 aliphatic heterocycles. The molecule has 0 aliphatic carbocycles. The zero-order valence-corrected chi connectivity index (χ0v) is 14.9. The summed E-state index contributed by atoms with van der Waals surface area (Å²) in [5, 5.41) is 2.79. The second kappa shape index (κ2) is 8.13. The predicted molar refractivity (Wildman–Crippen MR) is 98.0 cm³/mol. The van der Waals surface area contributed by atoms with E-state index in [4.69, 9.17) is 0 Å². The highest BCUT2D eigenvalue weighted by Gasteiger charge is 2.33. The van der Waals surface area contributed by atoms with Crippen LogP contribution in [0, 0.1) is 12.7 Å². The van der Waals surface area contributed by atoms with Crippen LogP contribution in [0.5, 0.6) is 0 Å². The predicted octanol–water partition coefficient (Wildman–Crippen LogP) is 3.16. The highest BCUT2D eigenvalue weighted by molar-refractivity contribution is 5.89. The summed E-state index contributed by atoms with van der Waals surface area (Å²) in [6.07, 6.45) is 1.95. The lowest BCUT2D eigenvalue weighted by molar-refractivity contribution is -0.143. The molecule has 136 valence electrons. The lowest BCUT2D eigenvalue weighted by Gasteiger charge is -2.35. The number of hydrogen-bond acceptors (Lipinski definition) is 2. The van der Waals surface area contributed by atoms with Crippen LogP contribution in [0.25, 0.3) is 0 Å². The topological polar surface area (TPSA) is 49.4 Å². The molecule has 3 rings (SSSR count). The molecule has 0 aromatic heterocycles. The number of nitrogens with one attached hydrogen (secondary N) is 1. The first-order valence-electron chi connectivity index (χ1n) is 8.93. The van der Waals surface area contributed by atoms with E-state index in [1.807, 2.05) is 6.92 Å². The number of benzene rings is 2. The number of amides is 2. The van der Waals surface area contributed by atoms with Gasteiger partial charge in [-0.1, -0.05) is 42.0 Å². The Hall–Kier alpha value is -2.69. The molecule has 1 fully saturated rings. The van der Waals surface area contributed by atoms with Gasteiger partial charge in [-0.25, -0.2) is 4.39 Å². The van der Waals surface area contributed by atoms with Gasteiger partial charge in [0.05, 0.1) is 0 Å². The molecular weight excluding hydrogens is 331 g/mol. The summed E-state index contributed by atoms with van der Waals surface area (Å²) < 4.78 is 13.2. The number of piperazine rings is 1. The summed E-state index contributed by atoms with van der Waals surface area (Å²) in [5.41, 5.74) is 3.05. The smallest absolute Gasteiger partial charge is 0.247 e. The maximum absolute atomic E-state index is 13.2. The molecular formula is C21H23FN2O2. The summed E-state index contributed by atoms with van der Waals surface area (Å²) >= 11 is 0. The SMILES string of the molecule is Cc1ccc(CCCC(=O)N2CCNC(=O)C2c2ccc(F)cc2)cc1. The van der Waals surface area contributed by atoms with Crippen LogP contribution in [0.4, 0.5) is 4.39 Å². The van der Waals surface area contributed by atoms with Crippen molar-refractivity contribution in [3.63, 3.8) is 0 Å². The molecule has 26 heavy (non-hydrogen) atoms. The molecule has 1 unspecified atom stereocenters. The molecule has 2 aromatic rings. The van der Waals surface area contributed by atoms with Gasteiger partial charge >= 0.3 is 0 Å². The van der Waals surface area contributed by atoms with Gasteiger partial charge < -0.3 is 10.2 Å². The highest BCUT2D eigenvalue weighted by atomic mass is 19.1. The van der Waals surface area contributed by atoms with Gasteiger partial charge in [0.25, 0.3) is 0 Å². The van der Waals surface area contributed by atoms with Crippen LogP contribution >= 0.6 is 0 Å². The second-order valence-electron chi connectivity index (χ2n) is 6.67. The Morgan fingerprint density at radius 2 is 1.85 bits per heavy atom. The Balaban J connectivity index is 1.64. The molecule has 5 heteroatoms. The van der Waals surface area contributed by atoms with Crippen molar-refractivity contribution in [1.29, 1.82) is 0 Å². The molecule has 2 aromatic carbocycles. The number of rotatable bonds is 5. The first-order chi connectivity index (χ1) is 12.5. The van der Waals surface area contributed by atoms with E-state index in [1.165, 1.54) is 23.3 Å². The van der Waals surface area contributed by atoms with E-state index in [1.54, 1.807) is 17.0 Å². The summed E-state index contributed by atoms with van der Waals surface area (Å²) in [7, 11) is 0. The van der Waals surface area contributed by atoms with E-state index in [-0.39, 0.29) is 17.6 Å². The largest absolute Gasteiger partial charge is 0.352 e. The Morgan fingerprint density at radius 1 is 1.15 bits per heavy atom. The van der Waals surface area contributed by atoms with Gasteiger partial charge in [0.15, 0.2) is 0 Å². The zero-order chi connectivity index (χ0) is 18.5. The van der Waals surface area contributed by atoms with Crippen molar-refractivity contribution in [2.45, 2.75) is 32.2 Å². The fourth-order valence-electron chi connectivity index (χ4n) is 3.25. The number of carbonyl (C=O) groups is 2. The average molecular weight is 354 g/mol. The van der Waals surface area contributed by atoms with Crippen molar-refractivity contribution in [3.8, 4) is 0 Å². The van der Waals surface area contributed by atoms with Crippen LogP contribution in [0.1, 0.15) is 35.6 Å². The number of hydrogen-bond donors (Lipinski definition) is 1. The molecule has 1 atom stereocenters. The van der Waals surface area contributed by atoms with Crippen molar-refractivity contribution < 1.29 is 14.0 Å². The quantitative estimate of drug-likeness (QED) is 0.897. The Kier molecular flexibility index (Phi) is 5.66. The second-order valence-corrected chi connectivity index (χ2v) is 6.67. The minimum atomic E-state index is -0.684. The van der Waals surface area contributed by atoms with Gasteiger partial charge in [-0.15, -0.1) is 0 Å². The number of halogens is 1. The van der Waals surface area contributed by atoms with E-state index in [0.29, 0.717) is 25.1 Å². The van der Waals surface area contributed by atoms with Crippen LogP contribution in [0.2, 0.25) is 0 Å². The molecule has 1 saturated heterocycles. The minimum Gasteiger partial charge on any atom is -0.352 e. The maximum Gasteiger partial charge on any atom is 0.247 e. The van der Waals surface area contributed by atoms with Gasteiger partial charge in [-0.2, -0.15) is 0 Å². The number of aryl methyl sites for hydroxylation is 2. The van der Waals surface area contributed by atoms with Gasteiger partial charge in [-0.3, -0.25) is 9.59 Å². The molecule has 1 N–H and O–H groups in total. The third-order valence-electron chi connectivity index (χ3n) is 4.69. The van der Waals surface area contributed by atoms with Crippen LogP contribution in [0.15, 0.2) is 48.5 Å². The van der Waals surface area contributed by atoms with E-state index in [9.17, 15) is 14.0 Å². The third kappa shape index (κ3) is 4.28. The van der Waals surface area contributed by atoms with Crippen LogP contribution in [-0.4, -0.2) is 29.8 Å². The van der Waals surface area contributed by atoms with E-state index >= 15 is 0 Å². The van der Waals surface area contributed by atoms with E-state index < -0.39 is 6.04 Å². The number of nitrogens with zero attached hydrogens (tertiary/aromatic N) is 1.